The van der Waals surface area contributed by atoms with E-state index in [9.17, 15) is 0 Å². The summed E-state index contributed by atoms with van der Waals surface area (Å²) < 4.78 is 5.05. The van der Waals surface area contributed by atoms with Gasteiger partial charge in [-0.1, -0.05) is 23.4 Å². The van der Waals surface area contributed by atoms with Crippen molar-refractivity contribution in [2.45, 2.75) is 6.92 Å². The molecule has 1 fully saturated rings. The lowest BCUT2D eigenvalue weighted by molar-refractivity contribution is 0.400. The van der Waals surface area contributed by atoms with Crippen molar-refractivity contribution >= 4 is 23.3 Å². The first-order valence-electron chi connectivity index (χ1n) is 8.36. The molecule has 128 valence electrons. The van der Waals surface area contributed by atoms with Crippen LogP contribution in [0.2, 0.25) is 0 Å². The number of aryl methyl sites for hydroxylation is 1. The van der Waals surface area contributed by atoms with Gasteiger partial charge in [-0.3, -0.25) is 0 Å². The lowest BCUT2D eigenvalue weighted by atomic mass is 10.2. The van der Waals surface area contributed by atoms with Crippen LogP contribution in [0.4, 0.5) is 23.3 Å². The first kappa shape index (κ1) is 15.4. The molecule has 1 saturated heterocycles. The summed E-state index contributed by atoms with van der Waals surface area (Å²) in [7, 11) is 0. The Kier molecular flexibility index (Phi) is 4.20. The fraction of sp³-hybridized carbons (Fsp3) is 0.278. The zero-order valence-electron chi connectivity index (χ0n) is 14.1. The van der Waals surface area contributed by atoms with Gasteiger partial charge in [0.25, 0.3) is 0 Å². The van der Waals surface area contributed by atoms with Gasteiger partial charge in [0.2, 0.25) is 5.95 Å². The molecule has 25 heavy (non-hydrogen) atoms. The number of benzene rings is 1. The van der Waals surface area contributed by atoms with E-state index in [2.05, 4.69) is 54.5 Å². The predicted octanol–water partition coefficient (Wildman–Crippen LogP) is 2.84. The second-order valence-corrected chi connectivity index (χ2v) is 6.00. The fourth-order valence-corrected chi connectivity index (χ4v) is 2.96. The molecule has 1 N–H and O–H groups in total. The Bertz CT molecular complexity index is 826. The molecule has 0 bridgehead atoms. The Morgan fingerprint density at radius 3 is 2.48 bits per heavy atom. The molecule has 3 heterocycles. The average Bonchev–Trinajstić information content (AvgIpc) is 3.07. The zero-order valence-corrected chi connectivity index (χ0v) is 14.1. The Balaban J connectivity index is 1.42. The normalized spacial score (nSPS) is 14.6. The highest BCUT2D eigenvalue weighted by Crippen LogP contribution is 2.20. The summed E-state index contributed by atoms with van der Waals surface area (Å²) in [4.78, 5) is 13.5. The van der Waals surface area contributed by atoms with Gasteiger partial charge in [-0.2, -0.15) is 4.98 Å². The molecule has 1 aliphatic rings. The number of nitrogens with zero attached hydrogens (tertiary/aromatic N) is 5. The van der Waals surface area contributed by atoms with Crippen molar-refractivity contribution in [3.8, 4) is 0 Å². The van der Waals surface area contributed by atoms with Crippen LogP contribution in [0.3, 0.4) is 0 Å². The summed E-state index contributed by atoms with van der Waals surface area (Å²) >= 11 is 0. The number of hydrogen-bond acceptors (Lipinski definition) is 7. The van der Waals surface area contributed by atoms with Gasteiger partial charge < -0.3 is 19.6 Å². The van der Waals surface area contributed by atoms with E-state index in [4.69, 9.17) is 4.52 Å². The van der Waals surface area contributed by atoms with E-state index in [1.165, 1.54) is 5.69 Å². The predicted molar refractivity (Wildman–Crippen MR) is 97.4 cm³/mol. The number of aromatic nitrogens is 3. The molecule has 0 atom stereocenters. The Hall–Kier alpha value is -3.09. The summed E-state index contributed by atoms with van der Waals surface area (Å²) in [5.74, 6) is 2.81. The monoisotopic (exact) mass is 336 g/mol. The molecule has 0 aliphatic carbocycles. The lowest BCUT2D eigenvalue weighted by Gasteiger charge is -2.36. The molecule has 0 amide bonds. The lowest BCUT2D eigenvalue weighted by Crippen LogP contribution is -2.46. The SMILES string of the molecule is Cc1cc(Nc2nccc(N3CCN(c4ccccc4)CC3)n2)no1. The Labute approximate surface area is 146 Å². The van der Waals surface area contributed by atoms with Crippen LogP contribution in [0.5, 0.6) is 0 Å². The maximum absolute atomic E-state index is 5.05. The van der Waals surface area contributed by atoms with Gasteiger partial charge in [0.05, 0.1) is 0 Å². The highest BCUT2D eigenvalue weighted by molar-refractivity contribution is 5.52. The second-order valence-electron chi connectivity index (χ2n) is 6.00. The molecule has 1 aliphatic heterocycles. The van der Waals surface area contributed by atoms with Gasteiger partial charge in [0, 0.05) is 44.1 Å². The quantitative estimate of drug-likeness (QED) is 0.785. The van der Waals surface area contributed by atoms with Crippen molar-refractivity contribution in [3.05, 3.63) is 54.4 Å². The smallest absolute Gasteiger partial charge is 0.230 e. The van der Waals surface area contributed by atoms with E-state index >= 15 is 0 Å². The molecule has 0 unspecified atom stereocenters. The molecule has 4 rings (SSSR count). The van der Waals surface area contributed by atoms with Crippen molar-refractivity contribution in [1.82, 2.24) is 15.1 Å². The molecule has 0 spiro atoms. The van der Waals surface area contributed by atoms with Gasteiger partial charge in [0.1, 0.15) is 11.6 Å². The number of rotatable bonds is 4. The van der Waals surface area contributed by atoms with E-state index in [0.717, 1.165) is 37.8 Å². The maximum atomic E-state index is 5.05. The first-order valence-corrected chi connectivity index (χ1v) is 8.36. The van der Waals surface area contributed by atoms with Crippen molar-refractivity contribution in [1.29, 1.82) is 0 Å². The number of nitrogens with one attached hydrogen (secondary N) is 1. The summed E-state index contributed by atoms with van der Waals surface area (Å²) in [5.41, 5.74) is 1.27. The second kappa shape index (κ2) is 6.80. The summed E-state index contributed by atoms with van der Waals surface area (Å²) in [6, 6.07) is 14.3. The molecule has 2 aromatic heterocycles. The molecule has 7 heteroatoms. The highest BCUT2D eigenvalue weighted by Gasteiger charge is 2.18. The van der Waals surface area contributed by atoms with Crippen molar-refractivity contribution < 1.29 is 4.52 Å². The molecular weight excluding hydrogens is 316 g/mol. The number of anilines is 4. The Morgan fingerprint density at radius 2 is 1.76 bits per heavy atom. The summed E-state index contributed by atoms with van der Waals surface area (Å²) in [6.45, 7) is 5.64. The fourth-order valence-electron chi connectivity index (χ4n) is 2.96. The minimum absolute atomic E-state index is 0.524. The molecular formula is C18H20N6O. The van der Waals surface area contributed by atoms with Crippen LogP contribution in [0.25, 0.3) is 0 Å². The van der Waals surface area contributed by atoms with Crippen molar-refractivity contribution in [2.75, 3.05) is 41.3 Å². The van der Waals surface area contributed by atoms with E-state index < -0.39 is 0 Å². The molecule has 7 nitrogen and oxygen atoms in total. The van der Waals surface area contributed by atoms with E-state index in [-0.39, 0.29) is 0 Å². The van der Waals surface area contributed by atoms with Gasteiger partial charge in [0.15, 0.2) is 5.82 Å². The minimum atomic E-state index is 0.524. The third-order valence-corrected chi connectivity index (χ3v) is 4.23. The summed E-state index contributed by atoms with van der Waals surface area (Å²) in [6.07, 6.45) is 1.77. The van der Waals surface area contributed by atoms with Crippen molar-refractivity contribution in [3.63, 3.8) is 0 Å². The van der Waals surface area contributed by atoms with Crippen LogP contribution in [0, 0.1) is 6.92 Å². The van der Waals surface area contributed by atoms with Crippen LogP contribution in [0.1, 0.15) is 5.76 Å². The highest BCUT2D eigenvalue weighted by atomic mass is 16.5. The van der Waals surface area contributed by atoms with E-state index in [1.807, 2.05) is 25.1 Å². The standard InChI is InChI=1S/C18H20N6O/c1-14-13-16(22-25-14)20-18-19-8-7-17(21-18)24-11-9-23(10-12-24)15-5-3-2-4-6-15/h2-8,13H,9-12H2,1H3,(H,19,20,21,22). The van der Waals surface area contributed by atoms with Crippen LogP contribution < -0.4 is 15.1 Å². The van der Waals surface area contributed by atoms with Gasteiger partial charge in [-0.15, -0.1) is 0 Å². The van der Waals surface area contributed by atoms with E-state index in [0.29, 0.717) is 11.8 Å². The van der Waals surface area contributed by atoms with Gasteiger partial charge in [-0.25, -0.2) is 4.98 Å². The third-order valence-electron chi connectivity index (χ3n) is 4.23. The number of hydrogen-bond donors (Lipinski definition) is 1. The van der Waals surface area contributed by atoms with Crippen molar-refractivity contribution in [2.24, 2.45) is 0 Å². The zero-order chi connectivity index (χ0) is 17.1. The number of para-hydroxylation sites is 1. The van der Waals surface area contributed by atoms with Crippen LogP contribution >= 0.6 is 0 Å². The first-order chi connectivity index (χ1) is 12.3. The molecule has 3 aromatic rings. The van der Waals surface area contributed by atoms with Crippen LogP contribution in [-0.2, 0) is 0 Å². The van der Waals surface area contributed by atoms with Gasteiger partial charge >= 0.3 is 0 Å². The topological polar surface area (TPSA) is 70.3 Å². The molecule has 1 aromatic carbocycles. The molecule has 0 radical (unpaired) electrons. The van der Waals surface area contributed by atoms with Crippen LogP contribution in [0.15, 0.2) is 53.2 Å². The van der Waals surface area contributed by atoms with Crippen LogP contribution in [-0.4, -0.2) is 41.3 Å². The number of piperazine rings is 1. The largest absolute Gasteiger partial charge is 0.368 e. The third kappa shape index (κ3) is 3.55. The minimum Gasteiger partial charge on any atom is -0.368 e. The van der Waals surface area contributed by atoms with Gasteiger partial charge in [-0.05, 0) is 25.1 Å². The average molecular weight is 336 g/mol. The Morgan fingerprint density at radius 1 is 1.00 bits per heavy atom. The molecule has 0 saturated carbocycles. The maximum Gasteiger partial charge on any atom is 0.230 e. The summed E-state index contributed by atoms with van der Waals surface area (Å²) in [5, 5.41) is 6.99. The van der Waals surface area contributed by atoms with E-state index in [1.54, 1.807) is 6.20 Å².